The van der Waals surface area contributed by atoms with E-state index in [-0.39, 0.29) is 11.9 Å². The highest BCUT2D eigenvalue weighted by molar-refractivity contribution is 5.78. The van der Waals surface area contributed by atoms with Crippen LogP contribution in [0.4, 0.5) is 0 Å². The van der Waals surface area contributed by atoms with Crippen molar-refractivity contribution in [3.8, 4) is 0 Å². The predicted molar refractivity (Wildman–Crippen MR) is 101 cm³/mol. The lowest BCUT2D eigenvalue weighted by molar-refractivity contribution is -0.123. The zero-order valence-corrected chi connectivity index (χ0v) is 15.5. The lowest BCUT2D eigenvalue weighted by atomic mass is 9.95. The number of amides is 1. The summed E-state index contributed by atoms with van der Waals surface area (Å²) in [5.74, 6) is 0.465. The summed E-state index contributed by atoms with van der Waals surface area (Å²) in [7, 11) is 0. The van der Waals surface area contributed by atoms with E-state index in [4.69, 9.17) is 5.73 Å². The minimum absolute atomic E-state index is 0.101. The van der Waals surface area contributed by atoms with Crippen LogP contribution < -0.4 is 11.1 Å². The minimum atomic E-state index is 0.101. The van der Waals surface area contributed by atoms with Gasteiger partial charge in [-0.3, -0.25) is 9.69 Å². The Balaban J connectivity index is 1.45. The maximum absolute atomic E-state index is 12.4. The Labute approximate surface area is 151 Å². The van der Waals surface area contributed by atoms with Gasteiger partial charge in [0.05, 0.1) is 6.54 Å². The quantitative estimate of drug-likeness (QED) is 0.848. The number of nitrogens with two attached hydrogens (primary N) is 1. The van der Waals surface area contributed by atoms with Crippen molar-refractivity contribution in [2.24, 2.45) is 5.73 Å². The van der Waals surface area contributed by atoms with Gasteiger partial charge in [0.25, 0.3) is 0 Å². The first kappa shape index (κ1) is 18.4. The first-order chi connectivity index (χ1) is 12.0. The molecule has 25 heavy (non-hydrogen) atoms. The van der Waals surface area contributed by atoms with Gasteiger partial charge < -0.3 is 16.0 Å². The number of nitrogens with zero attached hydrogens (tertiary/aromatic N) is 2. The van der Waals surface area contributed by atoms with Crippen LogP contribution in [0.5, 0.6) is 0 Å². The van der Waals surface area contributed by atoms with E-state index >= 15 is 0 Å². The molecule has 2 fully saturated rings. The van der Waals surface area contributed by atoms with Gasteiger partial charge in [-0.15, -0.1) is 0 Å². The van der Waals surface area contributed by atoms with E-state index in [0.717, 1.165) is 39.0 Å². The molecular weight excluding hydrogens is 312 g/mol. The van der Waals surface area contributed by atoms with Gasteiger partial charge in [0.15, 0.2) is 0 Å². The molecule has 2 heterocycles. The van der Waals surface area contributed by atoms with Gasteiger partial charge in [0, 0.05) is 50.2 Å². The van der Waals surface area contributed by atoms with Crippen LogP contribution in [0.1, 0.15) is 38.2 Å². The highest BCUT2D eigenvalue weighted by Crippen LogP contribution is 2.26. The molecule has 5 nitrogen and oxygen atoms in total. The Bertz CT molecular complexity index is 554. The van der Waals surface area contributed by atoms with E-state index in [1.165, 1.54) is 5.56 Å². The maximum atomic E-state index is 12.4. The summed E-state index contributed by atoms with van der Waals surface area (Å²) in [4.78, 5) is 17.1. The molecule has 0 aromatic heterocycles. The lowest BCUT2D eigenvalue weighted by Crippen LogP contribution is -2.48. The molecule has 138 valence electrons. The van der Waals surface area contributed by atoms with E-state index in [2.05, 4.69) is 53.2 Å². The summed E-state index contributed by atoms with van der Waals surface area (Å²) in [6.07, 6.45) is 2.10. The predicted octanol–water partition coefficient (Wildman–Crippen LogP) is 1.40. The number of rotatable bonds is 5. The van der Waals surface area contributed by atoms with Crippen molar-refractivity contribution in [1.29, 1.82) is 0 Å². The Morgan fingerprint density at radius 1 is 1.20 bits per heavy atom. The number of carbonyl (C=O) groups is 1. The van der Waals surface area contributed by atoms with Gasteiger partial charge in [0.2, 0.25) is 5.91 Å². The molecule has 1 aromatic rings. The van der Waals surface area contributed by atoms with Crippen LogP contribution in [0.3, 0.4) is 0 Å². The number of hydrogen-bond donors (Lipinski definition) is 2. The van der Waals surface area contributed by atoms with Crippen LogP contribution in [0.25, 0.3) is 0 Å². The van der Waals surface area contributed by atoms with Gasteiger partial charge in [-0.05, 0) is 32.3 Å². The molecule has 0 radical (unpaired) electrons. The van der Waals surface area contributed by atoms with Crippen LogP contribution in [-0.4, -0.2) is 66.6 Å². The van der Waals surface area contributed by atoms with Crippen molar-refractivity contribution in [2.45, 2.75) is 50.7 Å². The molecule has 5 heteroatoms. The van der Waals surface area contributed by atoms with E-state index in [0.29, 0.717) is 24.5 Å². The SMILES string of the molecule is CC(C)N1CCC(NC(=O)CN2C[C@@H](N)[C@H](c3ccccc3)C2)CC1. The number of likely N-dealkylation sites (tertiary alicyclic amines) is 2. The average molecular weight is 345 g/mol. The normalized spacial score (nSPS) is 26.2. The van der Waals surface area contributed by atoms with E-state index in [1.807, 2.05) is 6.07 Å². The smallest absolute Gasteiger partial charge is 0.234 e. The summed E-state index contributed by atoms with van der Waals surface area (Å²) >= 11 is 0. The van der Waals surface area contributed by atoms with Gasteiger partial charge >= 0.3 is 0 Å². The molecule has 2 aliphatic heterocycles. The average Bonchev–Trinajstić information content (AvgIpc) is 2.96. The third kappa shape index (κ3) is 4.81. The zero-order chi connectivity index (χ0) is 17.8. The number of piperidine rings is 1. The zero-order valence-electron chi connectivity index (χ0n) is 15.5. The third-order valence-corrected chi connectivity index (χ3v) is 5.66. The molecule has 0 aliphatic carbocycles. The second-order valence-electron chi connectivity index (χ2n) is 7.85. The fourth-order valence-corrected chi connectivity index (χ4v) is 4.13. The molecule has 0 saturated carbocycles. The molecule has 2 saturated heterocycles. The standard InChI is InChI=1S/C20H32N4O/c1-15(2)24-10-8-17(9-11-24)22-20(25)14-23-12-18(19(21)13-23)16-6-4-3-5-7-16/h3-7,15,17-19H,8-14,21H2,1-2H3,(H,22,25)/t18-,19+/m0/s1. The molecule has 1 amide bonds. The van der Waals surface area contributed by atoms with Gasteiger partial charge in [-0.2, -0.15) is 0 Å². The molecule has 3 N–H and O–H groups in total. The Morgan fingerprint density at radius 3 is 2.52 bits per heavy atom. The molecule has 2 aliphatic rings. The molecule has 2 atom stereocenters. The van der Waals surface area contributed by atoms with Gasteiger partial charge in [-0.1, -0.05) is 30.3 Å². The van der Waals surface area contributed by atoms with Crippen molar-refractivity contribution >= 4 is 5.91 Å². The Morgan fingerprint density at radius 2 is 1.88 bits per heavy atom. The number of hydrogen-bond acceptors (Lipinski definition) is 4. The fraction of sp³-hybridized carbons (Fsp3) is 0.650. The lowest BCUT2D eigenvalue weighted by Gasteiger charge is -2.35. The Hall–Kier alpha value is -1.43. The monoisotopic (exact) mass is 344 g/mol. The van der Waals surface area contributed by atoms with E-state index in [9.17, 15) is 4.79 Å². The first-order valence-corrected chi connectivity index (χ1v) is 9.59. The van der Waals surface area contributed by atoms with Crippen LogP contribution in [-0.2, 0) is 4.79 Å². The largest absolute Gasteiger partial charge is 0.352 e. The van der Waals surface area contributed by atoms with Gasteiger partial charge in [0.1, 0.15) is 0 Å². The summed E-state index contributed by atoms with van der Waals surface area (Å²) in [6, 6.07) is 11.4. The van der Waals surface area contributed by atoms with Crippen molar-refractivity contribution in [3.05, 3.63) is 35.9 Å². The molecule has 0 spiro atoms. The van der Waals surface area contributed by atoms with Crippen LogP contribution >= 0.6 is 0 Å². The second kappa shape index (κ2) is 8.30. The summed E-state index contributed by atoms with van der Waals surface area (Å²) in [5, 5.41) is 3.23. The number of nitrogens with one attached hydrogen (secondary N) is 1. The molecule has 0 unspecified atom stereocenters. The fourth-order valence-electron chi connectivity index (χ4n) is 4.13. The van der Waals surface area contributed by atoms with Crippen molar-refractivity contribution < 1.29 is 4.79 Å². The molecule has 3 rings (SSSR count). The van der Waals surface area contributed by atoms with Crippen molar-refractivity contribution in [2.75, 3.05) is 32.7 Å². The highest BCUT2D eigenvalue weighted by Gasteiger charge is 2.32. The van der Waals surface area contributed by atoms with Crippen LogP contribution in [0.15, 0.2) is 30.3 Å². The van der Waals surface area contributed by atoms with Crippen LogP contribution in [0.2, 0.25) is 0 Å². The molecular formula is C20H32N4O. The molecule has 0 bridgehead atoms. The number of carbonyl (C=O) groups excluding carboxylic acids is 1. The van der Waals surface area contributed by atoms with Gasteiger partial charge in [-0.25, -0.2) is 0 Å². The molecule has 1 aromatic carbocycles. The first-order valence-electron chi connectivity index (χ1n) is 9.59. The van der Waals surface area contributed by atoms with Crippen LogP contribution in [0, 0.1) is 0 Å². The third-order valence-electron chi connectivity index (χ3n) is 5.66. The van der Waals surface area contributed by atoms with E-state index in [1.54, 1.807) is 0 Å². The summed E-state index contributed by atoms with van der Waals surface area (Å²) in [6.45, 7) is 8.74. The topological polar surface area (TPSA) is 61.6 Å². The maximum Gasteiger partial charge on any atom is 0.234 e. The second-order valence-corrected chi connectivity index (χ2v) is 7.85. The minimum Gasteiger partial charge on any atom is -0.352 e. The number of benzene rings is 1. The highest BCUT2D eigenvalue weighted by atomic mass is 16.2. The van der Waals surface area contributed by atoms with Crippen molar-refractivity contribution in [1.82, 2.24) is 15.1 Å². The summed E-state index contributed by atoms with van der Waals surface area (Å²) in [5.41, 5.74) is 7.60. The summed E-state index contributed by atoms with van der Waals surface area (Å²) < 4.78 is 0. The Kier molecular flexibility index (Phi) is 6.10. The van der Waals surface area contributed by atoms with E-state index < -0.39 is 0 Å². The van der Waals surface area contributed by atoms with Crippen molar-refractivity contribution in [3.63, 3.8) is 0 Å².